The first-order valence-corrected chi connectivity index (χ1v) is 6.14. The number of urea groups is 1. The number of amides is 4. The average Bonchev–Trinajstić information content (AvgIpc) is 2.72. The second-order valence-electron chi connectivity index (χ2n) is 4.28. The van der Waals surface area contributed by atoms with Gasteiger partial charge >= 0.3 is 6.03 Å². The molecule has 0 bridgehead atoms. The number of nitrogens with one attached hydrogen (secondary N) is 4. The number of imide groups is 1. The molecule has 1 aliphatic heterocycles. The molecule has 2 unspecified atom stereocenters. The van der Waals surface area contributed by atoms with Crippen molar-refractivity contribution in [1.29, 1.82) is 0 Å². The van der Waals surface area contributed by atoms with Gasteiger partial charge in [-0.15, -0.1) is 0 Å². The lowest BCUT2D eigenvalue weighted by Gasteiger charge is -2.16. The number of rotatable bonds is 5. The van der Waals surface area contributed by atoms with E-state index < -0.39 is 12.1 Å². The van der Waals surface area contributed by atoms with Gasteiger partial charge in [-0.1, -0.05) is 0 Å². The van der Waals surface area contributed by atoms with Gasteiger partial charge in [-0.25, -0.2) is 4.79 Å². The highest BCUT2D eigenvalue weighted by Crippen LogP contribution is 2.05. The fourth-order valence-electron chi connectivity index (χ4n) is 1.67. The Morgan fingerprint density at radius 3 is 2.78 bits per heavy atom. The smallest absolute Gasteiger partial charge is 0.321 e. The largest absolute Gasteiger partial charge is 0.352 e. The fraction of sp³-hybridized carbons (Fsp3) is 0.727. The zero-order chi connectivity index (χ0) is 13.5. The summed E-state index contributed by atoms with van der Waals surface area (Å²) in [6.07, 6.45) is 1.31. The zero-order valence-electron chi connectivity index (χ0n) is 10.7. The van der Waals surface area contributed by atoms with Gasteiger partial charge in [-0.3, -0.25) is 14.9 Å². The van der Waals surface area contributed by atoms with Crippen LogP contribution in [0.5, 0.6) is 0 Å². The van der Waals surface area contributed by atoms with E-state index in [9.17, 15) is 14.4 Å². The predicted octanol–water partition coefficient (Wildman–Crippen LogP) is -0.911. The Labute approximate surface area is 106 Å². The van der Waals surface area contributed by atoms with Crippen molar-refractivity contribution in [2.45, 2.75) is 38.8 Å². The van der Waals surface area contributed by atoms with Crippen LogP contribution >= 0.6 is 0 Å². The summed E-state index contributed by atoms with van der Waals surface area (Å²) in [4.78, 5) is 33.7. The second-order valence-corrected chi connectivity index (χ2v) is 4.28. The minimum atomic E-state index is -0.495. The fourth-order valence-corrected chi connectivity index (χ4v) is 1.67. The molecule has 0 saturated carbocycles. The van der Waals surface area contributed by atoms with E-state index in [1.165, 1.54) is 0 Å². The number of hydrogen-bond donors (Lipinski definition) is 4. The lowest BCUT2D eigenvalue weighted by Crippen LogP contribution is -2.50. The maximum atomic E-state index is 11.6. The van der Waals surface area contributed by atoms with Gasteiger partial charge in [0.25, 0.3) is 0 Å². The van der Waals surface area contributed by atoms with Crippen molar-refractivity contribution in [2.24, 2.45) is 0 Å². The van der Waals surface area contributed by atoms with Gasteiger partial charge in [-0.05, 0) is 20.3 Å². The van der Waals surface area contributed by atoms with E-state index in [4.69, 9.17) is 0 Å². The third kappa shape index (κ3) is 4.70. The molecular formula is C11H20N4O3. The number of carbonyl (C=O) groups excluding carboxylic acids is 3. The van der Waals surface area contributed by atoms with Gasteiger partial charge in [0.05, 0.1) is 6.04 Å². The van der Waals surface area contributed by atoms with Crippen LogP contribution in [-0.4, -0.2) is 43.0 Å². The number of hydrogen-bond acceptors (Lipinski definition) is 4. The minimum absolute atomic E-state index is 0.0428. The third-order valence-corrected chi connectivity index (χ3v) is 2.72. The van der Waals surface area contributed by atoms with Crippen LogP contribution in [0.1, 0.15) is 26.7 Å². The summed E-state index contributed by atoms with van der Waals surface area (Å²) < 4.78 is 0. The van der Waals surface area contributed by atoms with Crippen molar-refractivity contribution in [3.8, 4) is 0 Å². The van der Waals surface area contributed by atoms with Crippen LogP contribution < -0.4 is 21.3 Å². The van der Waals surface area contributed by atoms with Crippen LogP contribution in [-0.2, 0) is 9.59 Å². The Kier molecular flexibility index (Phi) is 5.57. The lowest BCUT2D eigenvalue weighted by molar-refractivity contribution is -0.121. The molecule has 1 heterocycles. The molecule has 1 aliphatic rings. The highest BCUT2D eigenvalue weighted by Gasteiger charge is 2.22. The molecule has 0 aromatic rings. The highest BCUT2D eigenvalue weighted by molar-refractivity contribution is 5.96. The van der Waals surface area contributed by atoms with Crippen molar-refractivity contribution in [3.63, 3.8) is 0 Å². The molecule has 4 N–H and O–H groups in total. The van der Waals surface area contributed by atoms with Crippen molar-refractivity contribution in [1.82, 2.24) is 21.3 Å². The Morgan fingerprint density at radius 2 is 2.22 bits per heavy atom. The van der Waals surface area contributed by atoms with Gasteiger partial charge in [0, 0.05) is 25.6 Å². The predicted molar refractivity (Wildman–Crippen MR) is 65.8 cm³/mol. The summed E-state index contributed by atoms with van der Waals surface area (Å²) in [5.74, 6) is -0.341. The zero-order valence-corrected chi connectivity index (χ0v) is 10.7. The summed E-state index contributed by atoms with van der Waals surface area (Å²) >= 11 is 0. The van der Waals surface area contributed by atoms with Gasteiger partial charge in [0.15, 0.2) is 0 Å². The first kappa shape index (κ1) is 14.4. The van der Waals surface area contributed by atoms with Crippen LogP contribution in [0.2, 0.25) is 0 Å². The highest BCUT2D eigenvalue weighted by atomic mass is 16.2. The Morgan fingerprint density at radius 1 is 1.50 bits per heavy atom. The summed E-state index contributed by atoms with van der Waals surface area (Å²) in [6.45, 7) is 4.44. The average molecular weight is 256 g/mol. The van der Waals surface area contributed by atoms with E-state index >= 15 is 0 Å². The minimum Gasteiger partial charge on any atom is -0.352 e. The van der Waals surface area contributed by atoms with Gasteiger partial charge in [0.1, 0.15) is 0 Å². The van der Waals surface area contributed by atoms with E-state index in [1.54, 1.807) is 13.8 Å². The van der Waals surface area contributed by atoms with Crippen LogP contribution in [0.4, 0.5) is 4.79 Å². The van der Waals surface area contributed by atoms with Crippen LogP contribution in [0.3, 0.4) is 0 Å². The molecule has 4 amide bonds. The molecule has 0 aromatic carbocycles. The molecule has 2 atom stereocenters. The topological polar surface area (TPSA) is 99.3 Å². The van der Waals surface area contributed by atoms with Crippen molar-refractivity contribution in [3.05, 3.63) is 0 Å². The maximum absolute atomic E-state index is 11.6. The molecule has 1 rings (SSSR count). The monoisotopic (exact) mass is 256 g/mol. The molecular weight excluding hydrogens is 236 g/mol. The van der Waals surface area contributed by atoms with Gasteiger partial charge in [0.2, 0.25) is 11.8 Å². The Bertz CT molecular complexity index is 332. The SMILES string of the molecule is CCNC(=O)NC(=O)C(C)NCC1CCC(=O)N1. The quantitative estimate of drug-likeness (QED) is 0.511. The molecule has 7 heteroatoms. The Balaban J connectivity index is 2.23. The van der Waals surface area contributed by atoms with E-state index in [-0.39, 0.29) is 17.9 Å². The molecule has 0 aromatic heterocycles. The molecule has 0 aliphatic carbocycles. The van der Waals surface area contributed by atoms with E-state index in [1.807, 2.05) is 0 Å². The van der Waals surface area contributed by atoms with Crippen molar-refractivity contribution < 1.29 is 14.4 Å². The molecule has 0 radical (unpaired) electrons. The molecule has 1 fully saturated rings. The van der Waals surface area contributed by atoms with Crippen molar-refractivity contribution in [2.75, 3.05) is 13.1 Å². The second kappa shape index (κ2) is 6.95. The number of carbonyl (C=O) groups is 3. The van der Waals surface area contributed by atoms with Crippen LogP contribution in [0.25, 0.3) is 0 Å². The van der Waals surface area contributed by atoms with Crippen LogP contribution in [0.15, 0.2) is 0 Å². The van der Waals surface area contributed by atoms with Crippen molar-refractivity contribution >= 4 is 17.8 Å². The van der Waals surface area contributed by atoms with E-state index in [2.05, 4.69) is 21.3 Å². The Hall–Kier alpha value is -1.63. The maximum Gasteiger partial charge on any atom is 0.321 e. The summed E-state index contributed by atoms with van der Waals surface area (Å²) in [5.41, 5.74) is 0. The summed E-state index contributed by atoms with van der Waals surface area (Å²) in [5, 5.41) is 10.5. The molecule has 0 spiro atoms. The van der Waals surface area contributed by atoms with Gasteiger partial charge < -0.3 is 16.0 Å². The lowest BCUT2D eigenvalue weighted by atomic mass is 10.2. The standard InChI is InChI=1S/C11H20N4O3/c1-3-12-11(18)15-10(17)7(2)13-6-8-4-5-9(16)14-8/h7-8,13H,3-6H2,1-2H3,(H,14,16)(H2,12,15,17,18). The third-order valence-electron chi connectivity index (χ3n) is 2.72. The van der Waals surface area contributed by atoms with Crippen LogP contribution in [0, 0.1) is 0 Å². The molecule has 1 saturated heterocycles. The van der Waals surface area contributed by atoms with E-state index in [0.29, 0.717) is 19.5 Å². The summed E-state index contributed by atoms with van der Waals surface area (Å²) in [6, 6.07) is -0.910. The summed E-state index contributed by atoms with van der Waals surface area (Å²) in [7, 11) is 0. The normalized spacial score (nSPS) is 20.1. The first-order valence-electron chi connectivity index (χ1n) is 6.14. The first-order chi connectivity index (χ1) is 8.52. The van der Waals surface area contributed by atoms with E-state index in [0.717, 1.165) is 6.42 Å². The molecule has 7 nitrogen and oxygen atoms in total. The molecule has 18 heavy (non-hydrogen) atoms. The molecule has 102 valence electrons. The van der Waals surface area contributed by atoms with Gasteiger partial charge in [-0.2, -0.15) is 0 Å².